The maximum Gasteiger partial charge on any atom is 0.196 e. The fourth-order valence-corrected chi connectivity index (χ4v) is 3.88. The van der Waals surface area contributed by atoms with Crippen molar-refractivity contribution in [2.45, 2.75) is 17.5 Å². The average Bonchev–Trinajstić information content (AvgIpc) is 3.20. The molecule has 0 saturated carbocycles. The predicted molar refractivity (Wildman–Crippen MR) is 118 cm³/mol. The minimum absolute atomic E-state index is 0.289. The van der Waals surface area contributed by atoms with Crippen molar-refractivity contribution in [2.75, 3.05) is 0 Å². The van der Waals surface area contributed by atoms with Gasteiger partial charge in [-0.15, -0.1) is 10.2 Å². The number of halogens is 1. The molecule has 0 saturated heterocycles. The van der Waals surface area contributed by atoms with Crippen LogP contribution in [0.3, 0.4) is 0 Å². The Morgan fingerprint density at radius 2 is 1.67 bits per heavy atom. The number of hydrogen-bond donors (Lipinski definition) is 0. The molecule has 0 atom stereocenters. The van der Waals surface area contributed by atoms with Gasteiger partial charge in [0.25, 0.3) is 0 Å². The molecule has 0 aliphatic heterocycles. The molecule has 148 valence electrons. The summed E-state index contributed by atoms with van der Waals surface area (Å²) in [6.07, 6.45) is 0. The summed E-state index contributed by atoms with van der Waals surface area (Å²) in [4.78, 5) is 0. The van der Waals surface area contributed by atoms with E-state index in [4.69, 9.17) is 21.6 Å². The fraction of sp³-hybridized carbons (Fsp3) is 0.0870. The number of ether oxygens (including phenoxy) is 1. The van der Waals surface area contributed by atoms with Crippen LogP contribution in [0.2, 0.25) is 5.02 Å². The number of hydrogen-bond acceptors (Lipinski definition) is 5. The fourth-order valence-electron chi connectivity index (χ4n) is 2.82. The number of aromatic nitrogens is 3. The standard InChI is InChI=1S/C23H17ClN4OS/c24-19-10-12-20(13-11-19)28-22(15-29-21-4-2-1-3-5-21)26-27-23(28)30-16-18-8-6-17(14-25)7-9-18/h1-13H,15-16H2. The molecule has 0 aliphatic rings. The van der Waals surface area contributed by atoms with E-state index in [1.807, 2.05) is 83.4 Å². The van der Waals surface area contributed by atoms with Crippen LogP contribution in [0.25, 0.3) is 5.69 Å². The molecule has 0 N–H and O–H groups in total. The van der Waals surface area contributed by atoms with Gasteiger partial charge in [0.15, 0.2) is 11.0 Å². The number of benzene rings is 3. The highest BCUT2D eigenvalue weighted by atomic mass is 35.5. The Hall–Kier alpha value is -3.27. The second-order valence-corrected chi connectivity index (χ2v) is 7.79. The number of thioether (sulfide) groups is 1. The smallest absolute Gasteiger partial charge is 0.196 e. The second kappa shape index (κ2) is 9.49. The molecule has 4 rings (SSSR count). The van der Waals surface area contributed by atoms with E-state index in [-0.39, 0.29) is 6.61 Å². The number of nitriles is 1. The lowest BCUT2D eigenvalue weighted by Crippen LogP contribution is -2.06. The zero-order valence-corrected chi connectivity index (χ0v) is 17.5. The highest BCUT2D eigenvalue weighted by Crippen LogP contribution is 2.27. The summed E-state index contributed by atoms with van der Waals surface area (Å²) >= 11 is 7.64. The van der Waals surface area contributed by atoms with Crippen LogP contribution >= 0.6 is 23.4 Å². The maximum atomic E-state index is 8.96. The van der Waals surface area contributed by atoms with Gasteiger partial charge in [-0.25, -0.2) is 0 Å². The Labute approximate surface area is 183 Å². The van der Waals surface area contributed by atoms with Gasteiger partial charge < -0.3 is 4.74 Å². The molecule has 0 fully saturated rings. The average molecular weight is 433 g/mol. The summed E-state index contributed by atoms with van der Waals surface area (Å²) in [6, 6.07) is 26.8. The maximum absolute atomic E-state index is 8.96. The SMILES string of the molecule is N#Cc1ccc(CSc2nnc(COc3ccccc3)n2-c2ccc(Cl)cc2)cc1. The van der Waals surface area contributed by atoms with Gasteiger partial charge in [-0.05, 0) is 54.1 Å². The van der Waals surface area contributed by atoms with Crippen LogP contribution in [-0.2, 0) is 12.4 Å². The van der Waals surface area contributed by atoms with Crippen LogP contribution in [-0.4, -0.2) is 14.8 Å². The summed E-state index contributed by atoms with van der Waals surface area (Å²) in [5.41, 5.74) is 2.67. The lowest BCUT2D eigenvalue weighted by molar-refractivity contribution is 0.293. The number of nitrogens with zero attached hydrogens (tertiary/aromatic N) is 4. The summed E-state index contributed by atoms with van der Waals surface area (Å²) in [5, 5.41) is 19.1. The Morgan fingerprint density at radius 3 is 2.37 bits per heavy atom. The van der Waals surface area contributed by atoms with E-state index in [1.54, 1.807) is 11.8 Å². The quantitative estimate of drug-likeness (QED) is 0.352. The van der Waals surface area contributed by atoms with E-state index in [1.165, 1.54) is 0 Å². The first-order chi connectivity index (χ1) is 14.7. The van der Waals surface area contributed by atoms with Crippen molar-refractivity contribution < 1.29 is 4.74 Å². The Balaban J connectivity index is 1.58. The minimum atomic E-state index is 0.289. The van der Waals surface area contributed by atoms with E-state index >= 15 is 0 Å². The molecule has 0 bridgehead atoms. The van der Waals surface area contributed by atoms with Crippen molar-refractivity contribution in [1.29, 1.82) is 5.26 Å². The second-order valence-electron chi connectivity index (χ2n) is 6.41. The van der Waals surface area contributed by atoms with Crippen molar-refractivity contribution in [3.05, 3.63) is 101 Å². The van der Waals surface area contributed by atoms with Crippen molar-refractivity contribution >= 4 is 23.4 Å². The molecule has 1 aromatic heterocycles. The monoisotopic (exact) mass is 432 g/mol. The van der Waals surface area contributed by atoms with Crippen molar-refractivity contribution in [3.8, 4) is 17.5 Å². The van der Waals surface area contributed by atoms with Crippen LogP contribution in [0.15, 0.2) is 84.0 Å². The molecule has 4 aromatic rings. The third-order valence-electron chi connectivity index (χ3n) is 4.35. The molecule has 0 aliphatic carbocycles. The largest absolute Gasteiger partial charge is 0.486 e. The lowest BCUT2D eigenvalue weighted by Gasteiger charge is -2.11. The third kappa shape index (κ3) is 4.82. The molecule has 0 spiro atoms. The summed E-state index contributed by atoms with van der Waals surface area (Å²) < 4.78 is 7.87. The Kier molecular flexibility index (Phi) is 6.33. The molecule has 0 amide bonds. The van der Waals surface area contributed by atoms with Crippen LogP contribution in [0.4, 0.5) is 0 Å². The predicted octanol–water partition coefficient (Wildman–Crippen LogP) is 5.66. The van der Waals surface area contributed by atoms with E-state index < -0.39 is 0 Å². The molecule has 5 nitrogen and oxygen atoms in total. The molecule has 0 unspecified atom stereocenters. The van der Waals surface area contributed by atoms with Gasteiger partial charge in [0.05, 0.1) is 11.6 Å². The zero-order valence-electron chi connectivity index (χ0n) is 15.9. The van der Waals surface area contributed by atoms with E-state index in [0.29, 0.717) is 22.2 Å². The summed E-state index contributed by atoms with van der Waals surface area (Å²) in [6.45, 7) is 0.289. The molecule has 7 heteroatoms. The number of para-hydroxylation sites is 1. The summed E-state index contributed by atoms with van der Waals surface area (Å²) in [5.74, 6) is 2.18. The van der Waals surface area contributed by atoms with Crippen molar-refractivity contribution in [3.63, 3.8) is 0 Å². The van der Waals surface area contributed by atoms with Gasteiger partial charge in [-0.2, -0.15) is 5.26 Å². The molecule has 1 heterocycles. The van der Waals surface area contributed by atoms with Crippen LogP contribution < -0.4 is 4.74 Å². The van der Waals surface area contributed by atoms with Gasteiger partial charge in [0, 0.05) is 16.5 Å². The van der Waals surface area contributed by atoms with Gasteiger partial charge in [-0.1, -0.05) is 53.7 Å². The topological polar surface area (TPSA) is 63.7 Å². The normalized spacial score (nSPS) is 10.5. The lowest BCUT2D eigenvalue weighted by atomic mass is 10.2. The molecular formula is C23H17ClN4OS. The first kappa shape index (κ1) is 20.0. The van der Waals surface area contributed by atoms with Gasteiger partial charge in [0.1, 0.15) is 12.4 Å². The summed E-state index contributed by atoms with van der Waals surface area (Å²) in [7, 11) is 0. The molecule has 3 aromatic carbocycles. The highest BCUT2D eigenvalue weighted by molar-refractivity contribution is 7.98. The van der Waals surface area contributed by atoms with Gasteiger partial charge in [-0.3, -0.25) is 4.57 Å². The Morgan fingerprint density at radius 1 is 0.933 bits per heavy atom. The molecule has 30 heavy (non-hydrogen) atoms. The Bertz CT molecular complexity index is 1150. The van der Waals surface area contributed by atoms with Crippen LogP contribution in [0.1, 0.15) is 17.0 Å². The minimum Gasteiger partial charge on any atom is -0.486 e. The third-order valence-corrected chi connectivity index (χ3v) is 5.60. The molecular weight excluding hydrogens is 416 g/mol. The van der Waals surface area contributed by atoms with Gasteiger partial charge in [0.2, 0.25) is 0 Å². The van der Waals surface area contributed by atoms with E-state index in [0.717, 1.165) is 22.2 Å². The van der Waals surface area contributed by atoms with Crippen molar-refractivity contribution in [2.24, 2.45) is 0 Å². The highest BCUT2D eigenvalue weighted by Gasteiger charge is 2.15. The van der Waals surface area contributed by atoms with Crippen LogP contribution in [0.5, 0.6) is 5.75 Å². The molecule has 0 radical (unpaired) electrons. The number of rotatable bonds is 7. The first-order valence-corrected chi connectivity index (χ1v) is 10.6. The zero-order chi connectivity index (χ0) is 20.8. The van der Waals surface area contributed by atoms with E-state index in [9.17, 15) is 0 Å². The van der Waals surface area contributed by atoms with Gasteiger partial charge >= 0.3 is 0 Å². The van der Waals surface area contributed by atoms with Crippen LogP contribution in [0, 0.1) is 11.3 Å². The van der Waals surface area contributed by atoms with E-state index in [2.05, 4.69) is 16.3 Å². The van der Waals surface area contributed by atoms with Crippen molar-refractivity contribution in [1.82, 2.24) is 14.8 Å². The first-order valence-electron chi connectivity index (χ1n) is 9.23.